The van der Waals surface area contributed by atoms with Crippen LogP contribution in [0, 0.1) is 0 Å². The standard InChI is InChI=1S/C24H32N4O5S/c1-5-26(6-2)20-14-13-18(34(31,32)27(7-3)8-4)15-19(20)25-23(29)16-28-21-11-9-10-12-22(21)33-17-24(28)30/h9-15H,5-8,16-17H2,1-4H3,(H,25,29). The van der Waals surface area contributed by atoms with E-state index in [2.05, 4.69) is 5.32 Å². The van der Waals surface area contributed by atoms with Gasteiger partial charge in [-0.05, 0) is 44.2 Å². The average molecular weight is 489 g/mol. The number of sulfonamides is 1. The minimum absolute atomic E-state index is 0.107. The Morgan fingerprint density at radius 3 is 2.35 bits per heavy atom. The SMILES string of the molecule is CCN(CC)c1ccc(S(=O)(=O)N(CC)CC)cc1NC(=O)CN1C(=O)COc2ccccc21. The summed E-state index contributed by atoms with van der Waals surface area (Å²) in [6.07, 6.45) is 0. The summed E-state index contributed by atoms with van der Waals surface area (Å²) >= 11 is 0. The predicted octanol–water partition coefficient (Wildman–Crippen LogP) is 2.93. The van der Waals surface area contributed by atoms with E-state index in [0.717, 1.165) is 0 Å². The molecule has 2 aromatic rings. The maximum atomic E-state index is 13.1. The zero-order chi connectivity index (χ0) is 24.9. The maximum absolute atomic E-state index is 13.1. The van der Waals surface area contributed by atoms with Crippen molar-refractivity contribution in [2.24, 2.45) is 0 Å². The van der Waals surface area contributed by atoms with Crippen molar-refractivity contribution in [2.75, 3.05) is 54.4 Å². The minimum Gasteiger partial charge on any atom is -0.482 e. The highest BCUT2D eigenvalue weighted by Crippen LogP contribution is 2.33. The Bertz CT molecular complexity index is 1140. The van der Waals surface area contributed by atoms with Crippen LogP contribution < -0.4 is 19.9 Å². The average Bonchev–Trinajstić information content (AvgIpc) is 2.83. The minimum atomic E-state index is -3.71. The second-order valence-electron chi connectivity index (χ2n) is 7.73. The van der Waals surface area contributed by atoms with E-state index < -0.39 is 15.9 Å². The van der Waals surface area contributed by atoms with E-state index in [1.54, 1.807) is 50.2 Å². The number of ether oxygens (including phenoxy) is 1. The van der Waals surface area contributed by atoms with Gasteiger partial charge in [-0.15, -0.1) is 0 Å². The first-order chi connectivity index (χ1) is 16.3. The molecule has 0 atom stereocenters. The van der Waals surface area contributed by atoms with Crippen molar-refractivity contribution in [3.05, 3.63) is 42.5 Å². The van der Waals surface area contributed by atoms with Gasteiger partial charge < -0.3 is 15.0 Å². The van der Waals surface area contributed by atoms with Crippen molar-refractivity contribution < 1.29 is 22.7 Å². The lowest BCUT2D eigenvalue weighted by Gasteiger charge is -2.29. The van der Waals surface area contributed by atoms with E-state index in [-0.39, 0.29) is 24.0 Å². The first-order valence-corrected chi connectivity index (χ1v) is 12.9. The van der Waals surface area contributed by atoms with Gasteiger partial charge in [0.2, 0.25) is 15.9 Å². The maximum Gasteiger partial charge on any atom is 0.265 e. The Hall–Kier alpha value is -3.11. The first-order valence-electron chi connectivity index (χ1n) is 11.5. The highest BCUT2D eigenvalue weighted by Gasteiger charge is 2.28. The van der Waals surface area contributed by atoms with Gasteiger partial charge in [-0.3, -0.25) is 14.5 Å². The van der Waals surface area contributed by atoms with Crippen LogP contribution in [-0.4, -0.2) is 63.9 Å². The molecule has 2 aromatic carbocycles. The van der Waals surface area contributed by atoms with Crippen LogP contribution >= 0.6 is 0 Å². The number of benzene rings is 2. The molecule has 0 radical (unpaired) electrons. The summed E-state index contributed by atoms with van der Waals surface area (Å²) in [5, 5.41) is 2.85. The number of carbonyl (C=O) groups excluding carboxylic acids is 2. The largest absolute Gasteiger partial charge is 0.482 e. The summed E-state index contributed by atoms with van der Waals surface area (Å²) in [4.78, 5) is 29.0. The number of nitrogens with zero attached hydrogens (tertiary/aromatic N) is 3. The Balaban J connectivity index is 1.94. The summed E-state index contributed by atoms with van der Waals surface area (Å²) in [5.74, 6) is -0.224. The molecular weight excluding hydrogens is 456 g/mol. The fourth-order valence-corrected chi connectivity index (χ4v) is 5.47. The van der Waals surface area contributed by atoms with Crippen molar-refractivity contribution in [1.29, 1.82) is 0 Å². The molecule has 1 aliphatic heterocycles. The number of amides is 2. The van der Waals surface area contributed by atoms with Crippen molar-refractivity contribution in [3.63, 3.8) is 0 Å². The lowest BCUT2D eigenvalue weighted by atomic mass is 10.2. The third-order valence-corrected chi connectivity index (χ3v) is 7.85. The molecule has 10 heteroatoms. The third-order valence-electron chi connectivity index (χ3n) is 5.80. The molecule has 0 aliphatic carbocycles. The van der Waals surface area contributed by atoms with Crippen molar-refractivity contribution >= 4 is 38.9 Å². The lowest BCUT2D eigenvalue weighted by Crippen LogP contribution is -2.43. The van der Waals surface area contributed by atoms with Crippen LogP contribution in [0.2, 0.25) is 0 Å². The quantitative estimate of drug-likeness (QED) is 0.552. The molecule has 3 rings (SSSR count). The Morgan fingerprint density at radius 2 is 1.71 bits per heavy atom. The molecule has 1 aliphatic rings. The molecule has 0 bridgehead atoms. The zero-order valence-corrected chi connectivity index (χ0v) is 20.9. The molecule has 0 saturated heterocycles. The number of fused-ring (bicyclic) bond motifs is 1. The zero-order valence-electron chi connectivity index (χ0n) is 20.1. The van der Waals surface area contributed by atoms with Crippen LogP contribution in [0.3, 0.4) is 0 Å². The van der Waals surface area contributed by atoms with Crippen molar-refractivity contribution in [1.82, 2.24) is 4.31 Å². The van der Waals surface area contributed by atoms with Crippen LogP contribution in [0.1, 0.15) is 27.7 Å². The van der Waals surface area contributed by atoms with E-state index in [4.69, 9.17) is 4.74 Å². The van der Waals surface area contributed by atoms with Gasteiger partial charge in [0.25, 0.3) is 5.91 Å². The number of para-hydroxylation sites is 2. The van der Waals surface area contributed by atoms with Gasteiger partial charge in [-0.1, -0.05) is 26.0 Å². The van der Waals surface area contributed by atoms with Crippen molar-refractivity contribution in [3.8, 4) is 5.75 Å². The molecular formula is C24H32N4O5S. The summed E-state index contributed by atoms with van der Waals surface area (Å²) in [6, 6.07) is 11.8. The highest BCUT2D eigenvalue weighted by atomic mass is 32.2. The van der Waals surface area contributed by atoms with E-state index in [1.807, 2.05) is 18.7 Å². The molecule has 34 heavy (non-hydrogen) atoms. The molecule has 0 saturated carbocycles. The van der Waals surface area contributed by atoms with E-state index in [1.165, 1.54) is 15.3 Å². The van der Waals surface area contributed by atoms with E-state index in [0.29, 0.717) is 49.0 Å². The normalized spacial score (nSPS) is 13.4. The molecule has 9 nitrogen and oxygen atoms in total. The highest BCUT2D eigenvalue weighted by molar-refractivity contribution is 7.89. The Morgan fingerprint density at radius 1 is 1.03 bits per heavy atom. The van der Waals surface area contributed by atoms with Crippen LogP contribution in [0.4, 0.5) is 17.1 Å². The van der Waals surface area contributed by atoms with Gasteiger partial charge in [0.15, 0.2) is 6.61 Å². The Kier molecular flexibility index (Phi) is 8.16. The van der Waals surface area contributed by atoms with Gasteiger partial charge in [0, 0.05) is 26.2 Å². The molecule has 2 amide bonds. The van der Waals surface area contributed by atoms with Gasteiger partial charge in [-0.25, -0.2) is 8.42 Å². The fourth-order valence-electron chi connectivity index (χ4n) is 3.99. The summed E-state index contributed by atoms with van der Waals surface area (Å²) in [7, 11) is -3.71. The van der Waals surface area contributed by atoms with E-state index in [9.17, 15) is 18.0 Å². The summed E-state index contributed by atoms with van der Waals surface area (Å²) in [5.41, 5.74) is 1.62. The lowest BCUT2D eigenvalue weighted by molar-refractivity contribution is -0.123. The number of nitrogens with one attached hydrogen (secondary N) is 1. The van der Waals surface area contributed by atoms with Crippen LogP contribution in [0.15, 0.2) is 47.4 Å². The number of rotatable bonds is 10. The van der Waals surface area contributed by atoms with Crippen LogP contribution in [0.5, 0.6) is 5.75 Å². The number of anilines is 3. The number of carbonyl (C=O) groups is 2. The number of hydrogen-bond donors (Lipinski definition) is 1. The monoisotopic (exact) mass is 488 g/mol. The smallest absolute Gasteiger partial charge is 0.265 e. The van der Waals surface area contributed by atoms with Gasteiger partial charge in [0.1, 0.15) is 12.3 Å². The molecule has 0 fully saturated rings. The second-order valence-corrected chi connectivity index (χ2v) is 9.66. The molecule has 0 unspecified atom stereocenters. The molecule has 184 valence electrons. The van der Waals surface area contributed by atoms with Crippen LogP contribution in [0.25, 0.3) is 0 Å². The first kappa shape index (κ1) is 25.5. The summed E-state index contributed by atoms with van der Waals surface area (Å²) in [6.45, 7) is 9.21. The fraction of sp³-hybridized carbons (Fsp3) is 0.417. The molecule has 1 N–H and O–H groups in total. The van der Waals surface area contributed by atoms with E-state index >= 15 is 0 Å². The van der Waals surface area contributed by atoms with Crippen molar-refractivity contribution in [2.45, 2.75) is 32.6 Å². The second kappa shape index (κ2) is 10.9. The predicted molar refractivity (Wildman–Crippen MR) is 133 cm³/mol. The van der Waals surface area contributed by atoms with Gasteiger partial charge in [-0.2, -0.15) is 4.31 Å². The topological polar surface area (TPSA) is 99.3 Å². The van der Waals surface area contributed by atoms with Gasteiger partial charge >= 0.3 is 0 Å². The molecule has 1 heterocycles. The van der Waals surface area contributed by atoms with Crippen LogP contribution in [-0.2, 0) is 19.6 Å². The Labute approximate surface area is 201 Å². The van der Waals surface area contributed by atoms with Gasteiger partial charge in [0.05, 0.1) is 22.0 Å². The third kappa shape index (κ3) is 5.18. The molecule has 0 spiro atoms. The molecule has 0 aromatic heterocycles. The summed E-state index contributed by atoms with van der Waals surface area (Å²) < 4.78 is 33.0. The number of hydrogen-bond acceptors (Lipinski definition) is 6.